The smallest absolute Gasteiger partial charge is 0.399 e. The fraction of sp³-hybridized carbons (Fsp3) is 0.471. The largest absolute Gasteiger partial charge is 0.498 e. The first-order valence-electron chi connectivity index (χ1n) is 8.19. The molecule has 0 bridgehead atoms. The molecule has 0 amide bonds. The molecule has 3 rings (SSSR count). The van der Waals surface area contributed by atoms with E-state index in [9.17, 15) is 8.42 Å². The fourth-order valence-corrected chi connectivity index (χ4v) is 3.75. The molecule has 1 aromatic carbocycles. The topological polar surface area (TPSA) is 70.4 Å². The molecule has 0 aliphatic carbocycles. The molecular weight excluding hydrogens is 339 g/mol. The third kappa shape index (κ3) is 3.52. The van der Waals surface area contributed by atoms with E-state index >= 15 is 0 Å². The highest BCUT2D eigenvalue weighted by Gasteiger charge is 2.52. The van der Waals surface area contributed by atoms with Crippen LogP contribution in [0.25, 0.3) is 0 Å². The van der Waals surface area contributed by atoms with E-state index in [1.807, 2.05) is 58.9 Å². The third-order valence-corrected chi connectivity index (χ3v) is 6.33. The quantitative estimate of drug-likeness (QED) is 0.777. The Labute approximate surface area is 149 Å². The standard InChI is InChI=1S/C17H23BN2O4S/c1-13-6-8-14(9-7-13)12-25(21,22)20-11-15(10-19-20)18-23-16(2,3)17(4,5)24-18/h6-11H,12H2,1-5H3. The molecule has 25 heavy (non-hydrogen) atoms. The monoisotopic (exact) mass is 362 g/mol. The van der Waals surface area contributed by atoms with Crippen molar-refractivity contribution in [2.24, 2.45) is 0 Å². The van der Waals surface area contributed by atoms with Gasteiger partial charge in [-0.1, -0.05) is 29.8 Å². The van der Waals surface area contributed by atoms with Crippen LogP contribution in [0.4, 0.5) is 0 Å². The van der Waals surface area contributed by atoms with Gasteiger partial charge in [0.05, 0.1) is 17.0 Å². The van der Waals surface area contributed by atoms with E-state index in [0.717, 1.165) is 15.2 Å². The van der Waals surface area contributed by atoms with Crippen molar-refractivity contribution in [3.05, 3.63) is 47.8 Å². The van der Waals surface area contributed by atoms with Crippen LogP contribution in [-0.4, -0.2) is 35.9 Å². The maximum absolute atomic E-state index is 12.6. The second-order valence-corrected chi connectivity index (χ2v) is 9.30. The van der Waals surface area contributed by atoms with E-state index in [1.54, 1.807) is 0 Å². The molecule has 0 saturated carbocycles. The molecular formula is C17H23BN2O4S. The van der Waals surface area contributed by atoms with Crippen LogP contribution in [0.1, 0.15) is 38.8 Å². The number of aryl methyl sites for hydroxylation is 1. The molecule has 0 unspecified atom stereocenters. The molecule has 1 aliphatic rings. The second kappa shape index (κ2) is 5.97. The average molecular weight is 362 g/mol. The molecule has 1 saturated heterocycles. The Hall–Kier alpha value is -1.64. The second-order valence-electron chi connectivity index (χ2n) is 7.48. The minimum Gasteiger partial charge on any atom is -0.399 e. The predicted octanol–water partition coefficient (Wildman–Crippen LogP) is 1.87. The summed E-state index contributed by atoms with van der Waals surface area (Å²) in [4.78, 5) is 0. The van der Waals surface area contributed by atoms with Crippen molar-refractivity contribution in [1.29, 1.82) is 0 Å². The number of benzene rings is 1. The summed E-state index contributed by atoms with van der Waals surface area (Å²) >= 11 is 0. The Morgan fingerprint density at radius 2 is 1.64 bits per heavy atom. The van der Waals surface area contributed by atoms with Crippen molar-refractivity contribution < 1.29 is 17.7 Å². The van der Waals surface area contributed by atoms with Crippen LogP contribution in [0.3, 0.4) is 0 Å². The van der Waals surface area contributed by atoms with Crippen LogP contribution in [0.5, 0.6) is 0 Å². The normalized spacial score (nSPS) is 19.3. The van der Waals surface area contributed by atoms with Crippen molar-refractivity contribution in [2.75, 3.05) is 0 Å². The Kier molecular flexibility index (Phi) is 4.34. The van der Waals surface area contributed by atoms with Gasteiger partial charge in [0.15, 0.2) is 0 Å². The first-order chi connectivity index (χ1) is 11.5. The Morgan fingerprint density at radius 3 is 2.20 bits per heavy atom. The summed E-state index contributed by atoms with van der Waals surface area (Å²) in [6.45, 7) is 9.76. The summed E-state index contributed by atoms with van der Waals surface area (Å²) in [5.41, 5.74) is 1.42. The van der Waals surface area contributed by atoms with E-state index in [-0.39, 0.29) is 5.75 Å². The van der Waals surface area contributed by atoms with E-state index in [2.05, 4.69) is 5.10 Å². The highest BCUT2D eigenvalue weighted by Crippen LogP contribution is 2.36. The van der Waals surface area contributed by atoms with Crippen molar-refractivity contribution in [3.63, 3.8) is 0 Å². The summed E-state index contributed by atoms with van der Waals surface area (Å²) in [5.74, 6) is -0.113. The van der Waals surface area contributed by atoms with Gasteiger partial charge in [-0.3, -0.25) is 0 Å². The zero-order valence-corrected chi connectivity index (χ0v) is 16.0. The van der Waals surface area contributed by atoms with Crippen LogP contribution >= 0.6 is 0 Å². The molecule has 0 radical (unpaired) electrons. The van der Waals surface area contributed by atoms with Crippen molar-refractivity contribution >= 4 is 22.6 Å². The summed E-state index contributed by atoms with van der Waals surface area (Å²) < 4.78 is 38.0. The van der Waals surface area contributed by atoms with Crippen molar-refractivity contribution in [1.82, 2.24) is 9.19 Å². The minimum absolute atomic E-state index is 0.113. The summed E-state index contributed by atoms with van der Waals surface area (Å²) in [7, 11) is -4.23. The van der Waals surface area contributed by atoms with Gasteiger partial charge in [0, 0.05) is 17.9 Å². The van der Waals surface area contributed by atoms with Gasteiger partial charge in [0.1, 0.15) is 0 Å². The van der Waals surface area contributed by atoms with Crippen molar-refractivity contribution in [3.8, 4) is 0 Å². The van der Waals surface area contributed by atoms with E-state index in [4.69, 9.17) is 9.31 Å². The molecule has 6 nitrogen and oxygen atoms in total. The van der Waals surface area contributed by atoms with Gasteiger partial charge in [-0.05, 0) is 40.2 Å². The Morgan fingerprint density at radius 1 is 1.08 bits per heavy atom. The summed E-state index contributed by atoms with van der Waals surface area (Å²) in [5, 5.41) is 4.01. The van der Waals surface area contributed by atoms with Crippen LogP contribution in [-0.2, 0) is 25.1 Å². The highest BCUT2D eigenvalue weighted by molar-refractivity contribution is 7.89. The first-order valence-corrected chi connectivity index (χ1v) is 9.80. The Balaban J connectivity index is 1.80. The first kappa shape index (κ1) is 18.2. The fourth-order valence-electron chi connectivity index (χ4n) is 2.53. The van der Waals surface area contributed by atoms with Crippen LogP contribution < -0.4 is 5.46 Å². The molecule has 1 aromatic heterocycles. The molecule has 0 atom stereocenters. The minimum atomic E-state index is -3.60. The van der Waals surface area contributed by atoms with Gasteiger partial charge in [0.2, 0.25) is 0 Å². The van der Waals surface area contributed by atoms with Crippen LogP contribution in [0.2, 0.25) is 0 Å². The molecule has 8 heteroatoms. The van der Waals surface area contributed by atoms with Gasteiger partial charge in [0.25, 0.3) is 10.0 Å². The van der Waals surface area contributed by atoms with E-state index in [1.165, 1.54) is 12.4 Å². The zero-order chi connectivity index (χ0) is 18.5. The molecule has 1 fully saturated rings. The third-order valence-electron chi connectivity index (χ3n) is 4.86. The molecule has 2 heterocycles. The van der Waals surface area contributed by atoms with Crippen LogP contribution in [0, 0.1) is 6.92 Å². The van der Waals surface area contributed by atoms with Gasteiger partial charge in [-0.25, -0.2) is 8.42 Å². The van der Waals surface area contributed by atoms with Gasteiger partial charge < -0.3 is 9.31 Å². The Bertz CT molecular complexity index is 856. The van der Waals surface area contributed by atoms with Gasteiger partial charge in [-0.2, -0.15) is 9.19 Å². The lowest BCUT2D eigenvalue weighted by molar-refractivity contribution is 0.00578. The summed E-state index contributed by atoms with van der Waals surface area (Å²) in [6, 6.07) is 7.41. The number of nitrogens with zero attached hydrogens (tertiary/aromatic N) is 2. The highest BCUT2D eigenvalue weighted by atomic mass is 32.2. The van der Waals surface area contributed by atoms with Gasteiger partial charge in [-0.15, -0.1) is 0 Å². The summed E-state index contributed by atoms with van der Waals surface area (Å²) in [6.07, 6.45) is 2.94. The lowest BCUT2D eigenvalue weighted by Gasteiger charge is -2.32. The maximum atomic E-state index is 12.6. The number of rotatable bonds is 4. The zero-order valence-electron chi connectivity index (χ0n) is 15.2. The van der Waals surface area contributed by atoms with Gasteiger partial charge >= 0.3 is 7.12 Å². The molecule has 1 aliphatic heterocycles. The lowest BCUT2D eigenvalue weighted by Crippen LogP contribution is -2.41. The molecule has 134 valence electrons. The maximum Gasteiger partial charge on any atom is 0.498 e. The number of aromatic nitrogens is 2. The predicted molar refractivity (Wildman–Crippen MR) is 97.1 cm³/mol. The van der Waals surface area contributed by atoms with E-state index in [0.29, 0.717) is 5.46 Å². The molecule has 2 aromatic rings. The molecule has 0 spiro atoms. The SMILES string of the molecule is Cc1ccc(CS(=O)(=O)n2cc(B3OC(C)(C)C(C)(C)O3)cn2)cc1. The van der Waals surface area contributed by atoms with Crippen LogP contribution in [0.15, 0.2) is 36.7 Å². The number of hydrogen-bond donors (Lipinski definition) is 0. The number of hydrogen-bond acceptors (Lipinski definition) is 5. The van der Waals surface area contributed by atoms with Crippen molar-refractivity contribution in [2.45, 2.75) is 51.6 Å². The average Bonchev–Trinajstić information content (AvgIpc) is 3.05. The van der Waals surface area contributed by atoms with E-state index < -0.39 is 28.3 Å². The molecule has 0 N–H and O–H groups in total. The lowest BCUT2D eigenvalue weighted by atomic mass is 9.82.